The van der Waals surface area contributed by atoms with Crippen molar-refractivity contribution in [2.45, 2.75) is 6.54 Å². The van der Waals surface area contributed by atoms with Crippen molar-refractivity contribution in [2.75, 3.05) is 0 Å². The van der Waals surface area contributed by atoms with Gasteiger partial charge in [0.2, 0.25) is 5.43 Å². The van der Waals surface area contributed by atoms with Crippen molar-refractivity contribution in [3.8, 4) is 5.75 Å². The van der Waals surface area contributed by atoms with E-state index in [-0.39, 0.29) is 11.3 Å². The summed E-state index contributed by atoms with van der Waals surface area (Å²) >= 11 is 6.00. The molecule has 0 radical (unpaired) electrons. The molecule has 0 aliphatic rings. The SMILES string of the molecule is O=C(O)c1cn(Cc2ccc(O)cc2)c2cc(Cl)ccc2c1=O. The van der Waals surface area contributed by atoms with Crippen LogP contribution in [-0.4, -0.2) is 20.7 Å². The molecule has 0 unspecified atom stereocenters. The summed E-state index contributed by atoms with van der Waals surface area (Å²) in [5.74, 6) is -1.13. The van der Waals surface area contributed by atoms with Crippen LogP contribution in [0.3, 0.4) is 0 Å². The lowest BCUT2D eigenvalue weighted by atomic mass is 10.1. The number of fused-ring (bicyclic) bond motifs is 1. The Morgan fingerprint density at radius 2 is 1.83 bits per heavy atom. The molecule has 0 aliphatic carbocycles. The van der Waals surface area contributed by atoms with Crippen LogP contribution in [0.1, 0.15) is 15.9 Å². The zero-order valence-corrected chi connectivity index (χ0v) is 12.6. The second kappa shape index (κ2) is 5.78. The number of halogens is 1. The number of rotatable bonds is 3. The van der Waals surface area contributed by atoms with Crippen LogP contribution in [0.5, 0.6) is 5.75 Å². The molecule has 0 aliphatic heterocycles. The summed E-state index contributed by atoms with van der Waals surface area (Å²) in [6.07, 6.45) is 1.32. The van der Waals surface area contributed by atoms with Crippen molar-refractivity contribution in [1.29, 1.82) is 0 Å². The highest BCUT2D eigenvalue weighted by Crippen LogP contribution is 2.20. The van der Waals surface area contributed by atoms with Gasteiger partial charge in [-0.1, -0.05) is 23.7 Å². The number of phenolic OH excluding ortho intramolecular Hbond substituents is 1. The Hall–Kier alpha value is -2.79. The van der Waals surface area contributed by atoms with Crippen LogP contribution in [0.4, 0.5) is 0 Å². The van der Waals surface area contributed by atoms with Crippen molar-refractivity contribution in [1.82, 2.24) is 4.57 Å². The number of benzene rings is 2. The molecule has 2 N–H and O–H groups in total. The van der Waals surface area contributed by atoms with Gasteiger partial charge in [0.1, 0.15) is 11.3 Å². The van der Waals surface area contributed by atoms with Crippen LogP contribution in [-0.2, 0) is 6.54 Å². The second-order valence-electron chi connectivity index (χ2n) is 5.13. The third-order valence-electron chi connectivity index (χ3n) is 3.56. The zero-order chi connectivity index (χ0) is 16.6. The summed E-state index contributed by atoms with van der Waals surface area (Å²) in [6, 6.07) is 11.3. The number of aromatic hydroxyl groups is 1. The molecule has 0 spiro atoms. The number of carboxylic acid groups (broad SMARTS) is 1. The van der Waals surface area contributed by atoms with Gasteiger partial charge in [0.25, 0.3) is 0 Å². The summed E-state index contributed by atoms with van der Waals surface area (Å²) in [6.45, 7) is 0.345. The molecule has 5 nitrogen and oxygen atoms in total. The first-order valence-electron chi connectivity index (χ1n) is 6.79. The van der Waals surface area contributed by atoms with Crippen LogP contribution >= 0.6 is 11.6 Å². The smallest absolute Gasteiger partial charge is 0.341 e. The number of aromatic carboxylic acids is 1. The minimum absolute atomic E-state index is 0.146. The Bertz CT molecular complexity index is 961. The molecule has 0 amide bonds. The summed E-state index contributed by atoms with van der Waals surface area (Å²) < 4.78 is 1.67. The molecule has 0 saturated heterocycles. The highest BCUT2D eigenvalue weighted by molar-refractivity contribution is 6.31. The summed E-state index contributed by atoms with van der Waals surface area (Å²) in [4.78, 5) is 23.6. The Labute approximate surface area is 136 Å². The van der Waals surface area contributed by atoms with Crippen LogP contribution in [0.25, 0.3) is 10.9 Å². The van der Waals surface area contributed by atoms with E-state index in [1.807, 2.05) is 0 Å². The lowest BCUT2D eigenvalue weighted by Gasteiger charge is -2.13. The minimum atomic E-state index is -1.27. The molecule has 0 atom stereocenters. The van der Waals surface area contributed by atoms with Crippen LogP contribution in [0.2, 0.25) is 5.02 Å². The van der Waals surface area contributed by atoms with E-state index in [1.165, 1.54) is 12.3 Å². The van der Waals surface area contributed by atoms with E-state index >= 15 is 0 Å². The fraction of sp³-hybridized carbons (Fsp3) is 0.0588. The third kappa shape index (κ3) is 2.91. The Kier molecular flexibility index (Phi) is 3.80. The van der Waals surface area contributed by atoms with E-state index in [0.717, 1.165) is 5.56 Å². The molecule has 1 aromatic heterocycles. The largest absolute Gasteiger partial charge is 0.508 e. The second-order valence-corrected chi connectivity index (χ2v) is 5.57. The molecule has 1 heterocycles. The van der Waals surface area contributed by atoms with Gasteiger partial charge in [0.15, 0.2) is 0 Å². The lowest BCUT2D eigenvalue weighted by Crippen LogP contribution is -2.19. The number of nitrogens with zero attached hydrogens (tertiary/aromatic N) is 1. The molecular weight excluding hydrogens is 318 g/mol. The van der Waals surface area contributed by atoms with E-state index in [0.29, 0.717) is 22.5 Å². The highest BCUT2D eigenvalue weighted by atomic mass is 35.5. The molecule has 23 heavy (non-hydrogen) atoms. The van der Waals surface area contributed by atoms with Gasteiger partial charge in [-0.25, -0.2) is 4.79 Å². The number of carbonyl (C=O) groups is 1. The number of pyridine rings is 1. The number of phenols is 1. The molecular formula is C17H12ClNO4. The number of carboxylic acids is 1. The predicted octanol–water partition coefficient (Wildman–Crippen LogP) is 3.11. The third-order valence-corrected chi connectivity index (χ3v) is 3.80. The van der Waals surface area contributed by atoms with Crippen molar-refractivity contribution in [2.24, 2.45) is 0 Å². The first-order valence-corrected chi connectivity index (χ1v) is 7.17. The fourth-order valence-corrected chi connectivity index (χ4v) is 2.61. The number of hydrogen-bond donors (Lipinski definition) is 2. The van der Waals surface area contributed by atoms with Gasteiger partial charge < -0.3 is 14.8 Å². The molecule has 0 fully saturated rings. The molecule has 6 heteroatoms. The highest BCUT2D eigenvalue weighted by Gasteiger charge is 2.15. The number of aromatic nitrogens is 1. The van der Waals surface area contributed by atoms with Crippen molar-refractivity contribution in [3.63, 3.8) is 0 Å². The molecule has 116 valence electrons. The van der Waals surface area contributed by atoms with Crippen molar-refractivity contribution in [3.05, 3.63) is 75.0 Å². The van der Waals surface area contributed by atoms with Gasteiger partial charge in [-0.05, 0) is 35.9 Å². The van der Waals surface area contributed by atoms with E-state index in [1.54, 1.807) is 41.0 Å². The Morgan fingerprint density at radius 3 is 2.48 bits per heavy atom. The topological polar surface area (TPSA) is 79.5 Å². The van der Waals surface area contributed by atoms with Crippen LogP contribution < -0.4 is 5.43 Å². The van der Waals surface area contributed by atoms with E-state index in [2.05, 4.69) is 0 Å². The Morgan fingerprint density at radius 1 is 1.13 bits per heavy atom. The average Bonchev–Trinajstić information content (AvgIpc) is 2.51. The van der Waals surface area contributed by atoms with Crippen molar-refractivity contribution >= 4 is 28.5 Å². The quantitative estimate of drug-likeness (QED) is 0.773. The monoisotopic (exact) mass is 329 g/mol. The summed E-state index contributed by atoms with van der Waals surface area (Å²) in [5.41, 5.74) is 0.578. The standard InChI is InChI=1S/C17H12ClNO4/c18-11-3-6-13-15(7-11)19(9-14(16(13)21)17(22)23)8-10-1-4-12(20)5-2-10/h1-7,9,20H,8H2,(H,22,23). The summed E-state index contributed by atoms with van der Waals surface area (Å²) in [7, 11) is 0. The first kappa shape index (κ1) is 15.1. The molecule has 0 bridgehead atoms. The normalized spacial score (nSPS) is 10.8. The molecule has 0 saturated carbocycles. The maximum absolute atomic E-state index is 12.3. The van der Waals surface area contributed by atoms with Crippen molar-refractivity contribution < 1.29 is 15.0 Å². The van der Waals surface area contributed by atoms with Gasteiger partial charge in [0.05, 0.1) is 5.52 Å². The minimum Gasteiger partial charge on any atom is -0.508 e. The van der Waals surface area contributed by atoms with E-state index < -0.39 is 11.4 Å². The fourth-order valence-electron chi connectivity index (χ4n) is 2.44. The predicted molar refractivity (Wildman–Crippen MR) is 87.4 cm³/mol. The number of hydrogen-bond acceptors (Lipinski definition) is 3. The van der Waals surface area contributed by atoms with Gasteiger partial charge >= 0.3 is 5.97 Å². The van der Waals surface area contributed by atoms with Gasteiger partial charge in [-0.3, -0.25) is 4.79 Å². The summed E-state index contributed by atoms with van der Waals surface area (Å²) in [5, 5.41) is 19.3. The Balaban J connectivity index is 2.23. The maximum atomic E-state index is 12.3. The van der Waals surface area contributed by atoms with Gasteiger partial charge in [-0.2, -0.15) is 0 Å². The average molecular weight is 330 g/mol. The van der Waals surface area contributed by atoms with Crippen LogP contribution in [0, 0.1) is 0 Å². The first-order chi connectivity index (χ1) is 11.0. The van der Waals surface area contributed by atoms with E-state index in [9.17, 15) is 19.8 Å². The van der Waals surface area contributed by atoms with E-state index in [4.69, 9.17) is 11.6 Å². The van der Waals surface area contributed by atoms with Gasteiger partial charge in [0, 0.05) is 23.2 Å². The molecule has 3 rings (SSSR count). The molecule has 2 aromatic carbocycles. The zero-order valence-electron chi connectivity index (χ0n) is 11.9. The van der Waals surface area contributed by atoms with Gasteiger partial charge in [-0.15, -0.1) is 0 Å². The lowest BCUT2D eigenvalue weighted by molar-refractivity contribution is 0.0695. The maximum Gasteiger partial charge on any atom is 0.341 e. The van der Waals surface area contributed by atoms with Crippen LogP contribution in [0.15, 0.2) is 53.5 Å². The molecule has 3 aromatic rings.